The van der Waals surface area contributed by atoms with Crippen LogP contribution in [0.1, 0.15) is 27.7 Å². The smallest absolute Gasteiger partial charge is 0.380 e. The second-order valence-electron chi connectivity index (χ2n) is 10.2. The zero-order valence-electron chi connectivity index (χ0n) is 24.7. The second kappa shape index (κ2) is 17.8. The van der Waals surface area contributed by atoms with Gasteiger partial charge < -0.3 is 47.7 Å². The van der Waals surface area contributed by atoms with Gasteiger partial charge in [-0.05, 0) is 13.8 Å². The molecule has 0 aromatic carbocycles. The molecule has 39 heavy (non-hydrogen) atoms. The monoisotopic (exact) mass is 596 g/mol. The van der Waals surface area contributed by atoms with E-state index < -0.39 is 5.60 Å². The molecule has 0 saturated carbocycles. The van der Waals surface area contributed by atoms with E-state index in [2.05, 4.69) is 41.7 Å². The van der Waals surface area contributed by atoms with E-state index in [1.165, 1.54) is 0 Å². The number of ether oxygens (including phenoxy) is 8. The van der Waals surface area contributed by atoms with Crippen LogP contribution in [0.25, 0.3) is 0 Å². The van der Waals surface area contributed by atoms with Gasteiger partial charge in [0.2, 0.25) is 0 Å². The van der Waals surface area contributed by atoms with E-state index in [9.17, 15) is 5.11 Å². The van der Waals surface area contributed by atoms with E-state index in [0.717, 1.165) is 0 Å². The number of aliphatic hydroxyl groups excluding tert-OH is 1. The number of hydrogen-bond acceptors (Lipinski definition) is 11. The van der Waals surface area contributed by atoms with Gasteiger partial charge in [-0.2, -0.15) is 12.5 Å². The molecule has 0 amide bonds. The van der Waals surface area contributed by atoms with Gasteiger partial charge in [-0.1, -0.05) is 26.0 Å². The number of methoxy groups -OCH3 is 4. The summed E-state index contributed by atoms with van der Waals surface area (Å²) < 4.78 is 49.0. The largest absolute Gasteiger partial charge is 0.419 e. The zero-order valence-corrected chi connectivity index (χ0v) is 26.8. The highest BCUT2D eigenvalue weighted by atomic mass is 32.1. The second-order valence-corrected chi connectivity index (χ2v) is 11.9. The van der Waals surface area contributed by atoms with E-state index in [-0.39, 0.29) is 80.2 Å². The van der Waals surface area contributed by atoms with Crippen molar-refractivity contribution in [1.82, 2.24) is 0 Å². The molecule has 1 N–H and O–H groups in total. The van der Waals surface area contributed by atoms with Gasteiger partial charge in [-0.15, -0.1) is 22.3 Å². The Kier molecular flexibility index (Phi) is 16.8. The standard InChI is InChI=1S/C13H26BO5PS.C13H24O5/c1-6-10(16-5)11(17-8-15-4)9(2)12-13(3,19-12)7-18-14(20)21;1-6-10(16-5)11(17-8-15-4)9(2)12-13(3,7-14)18-12/h6,9-12,21H,1,7-8,20H2,2-5H3;6,9-12,14H,1,7-8H2,2-5H3/t2*9-,10-,11-,12+,13-/m00/s1. The SMILES string of the molecule is C=C[C@H](OC)[C@@H](OCOC)[C@H](C)[C@H]1O[C@@]1(C)CO.C=C[C@H](OC)[C@@H](OCOC)[C@H](C)[C@H]1O[C@@]1(C)COB(P)S. The van der Waals surface area contributed by atoms with Gasteiger partial charge in [-0.25, -0.2) is 0 Å². The van der Waals surface area contributed by atoms with Crippen LogP contribution < -0.4 is 0 Å². The Balaban J connectivity index is 0.000000395. The molecule has 1 unspecified atom stereocenters. The quantitative estimate of drug-likeness (QED) is 0.0544. The van der Waals surface area contributed by atoms with Crippen LogP contribution >= 0.6 is 21.6 Å². The number of epoxide rings is 2. The average molecular weight is 597 g/mol. The minimum absolute atomic E-state index is 0.00470. The maximum Gasteiger partial charge on any atom is 0.380 e. The lowest BCUT2D eigenvalue weighted by Crippen LogP contribution is -2.40. The Morgan fingerprint density at radius 1 is 0.897 bits per heavy atom. The molecule has 2 saturated heterocycles. The molecule has 2 fully saturated rings. The Hall–Kier alpha value is -0.0751. The molecule has 2 heterocycles. The fourth-order valence-electron chi connectivity index (χ4n) is 4.79. The van der Waals surface area contributed by atoms with E-state index in [4.69, 9.17) is 42.5 Å². The molecule has 0 aliphatic carbocycles. The summed E-state index contributed by atoms with van der Waals surface area (Å²) in [5, 5.41) is 9.25. The van der Waals surface area contributed by atoms with Crippen molar-refractivity contribution in [3.8, 4) is 0 Å². The number of thiol groups is 1. The predicted octanol–water partition coefficient (Wildman–Crippen LogP) is 2.74. The summed E-state index contributed by atoms with van der Waals surface area (Å²) in [4.78, 5) is 0. The lowest BCUT2D eigenvalue weighted by Gasteiger charge is -2.28. The van der Waals surface area contributed by atoms with Crippen molar-refractivity contribution in [2.45, 2.75) is 75.5 Å². The van der Waals surface area contributed by atoms with E-state index in [1.54, 1.807) is 40.6 Å². The molecule has 0 bridgehead atoms. The first-order chi connectivity index (χ1) is 18.4. The van der Waals surface area contributed by atoms with E-state index >= 15 is 0 Å². The summed E-state index contributed by atoms with van der Waals surface area (Å²) in [5.41, 5.74) is -0.779. The molecule has 0 radical (unpaired) electrons. The van der Waals surface area contributed by atoms with Crippen molar-refractivity contribution < 1.29 is 47.7 Å². The Morgan fingerprint density at radius 2 is 1.31 bits per heavy atom. The van der Waals surface area contributed by atoms with Crippen molar-refractivity contribution >= 4 is 27.5 Å². The van der Waals surface area contributed by atoms with Gasteiger partial charge in [0.25, 0.3) is 0 Å². The van der Waals surface area contributed by atoms with Gasteiger partial charge in [0.1, 0.15) is 37.0 Å². The Bertz CT molecular complexity index is 724. The highest BCUT2D eigenvalue weighted by molar-refractivity contribution is 8.23. The number of hydrogen-bond donors (Lipinski definition) is 2. The maximum absolute atomic E-state index is 9.25. The van der Waals surface area contributed by atoms with Crippen LogP contribution in [0.2, 0.25) is 0 Å². The molecule has 2 aliphatic heterocycles. The topological polar surface area (TPSA) is 110 Å². The third-order valence-electron chi connectivity index (χ3n) is 7.14. The van der Waals surface area contributed by atoms with Gasteiger partial charge in [0.05, 0.1) is 37.6 Å². The first-order valence-electron chi connectivity index (χ1n) is 13.0. The van der Waals surface area contributed by atoms with Crippen LogP contribution in [0.5, 0.6) is 0 Å². The molecular formula is C26H50BO10PS. The molecule has 2 aliphatic rings. The summed E-state index contributed by atoms with van der Waals surface area (Å²) in [6.07, 6.45) is 2.57. The average Bonchev–Trinajstić information content (AvgIpc) is 3.82. The third-order valence-corrected chi connectivity index (χ3v) is 7.48. The molecule has 13 heteroatoms. The predicted molar refractivity (Wildman–Crippen MR) is 158 cm³/mol. The fraction of sp³-hybridized carbons (Fsp3) is 0.846. The molecule has 228 valence electrons. The summed E-state index contributed by atoms with van der Waals surface area (Å²) in [6, 6.07) is 0. The number of aliphatic hydroxyl groups is 1. The van der Waals surface area contributed by atoms with Crippen molar-refractivity contribution in [2.24, 2.45) is 11.8 Å². The molecule has 0 spiro atoms. The third kappa shape index (κ3) is 10.9. The molecule has 0 aromatic rings. The first-order valence-corrected chi connectivity index (χ1v) is 14.1. The lowest BCUT2D eigenvalue weighted by atomic mass is 9.90. The van der Waals surface area contributed by atoms with E-state index in [1.807, 2.05) is 20.8 Å². The van der Waals surface area contributed by atoms with Crippen LogP contribution in [0.15, 0.2) is 25.3 Å². The van der Waals surface area contributed by atoms with Crippen molar-refractivity contribution in [1.29, 1.82) is 0 Å². The van der Waals surface area contributed by atoms with Crippen molar-refractivity contribution in [2.75, 3.05) is 55.2 Å². The van der Waals surface area contributed by atoms with E-state index in [0.29, 0.717) is 6.61 Å². The zero-order chi connectivity index (χ0) is 29.8. The van der Waals surface area contributed by atoms with Crippen LogP contribution in [-0.4, -0.2) is 114 Å². The number of rotatable bonds is 20. The maximum atomic E-state index is 9.25. The van der Waals surface area contributed by atoms with Crippen molar-refractivity contribution in [3.05, 3.63) is 25.3 Å². The molecule has 0 aromatic heterocycles. The van der Waals surface area contributed by atoms with Crippen LogP contribution in [0, 0.1) is 11.8 Å². The molecule has 11 atom stereocenters. The van der Waals surface area contributed by atoms with Gasteiger partial charge in [-0.3, -0.25) is 0 Å². The minimum Gasteiger partial charge on any atom is -0.419 e. The Morgan fingerprint density at radius 3 is 1.62 bits per heavy atom. The highest BCUT2D eigenvalue weighted by Gasteiger charge is 2.58. The van der Waals surface area contributed by atoms with Gasteiger partial charge in [0, 0.05) is 40.3 Å². The summed E-state index contributed by atoms with van der Waals surface area (Å²) in [5.74, 6) is -0.0118. The summed E-state index contributed by atoms with van der Waals surface area (Å²) in [7, 11) is 8.90. The lowest BCUT2D eigenvalue weighted by molar-refractivity contribution is -0.130. The molecule has 10 nitrogen and oxygen atoms in total. The fourth-order valence-corrected chi connectivity index (χ4v) is 4.96. The van der Waals surface area contributed by atoms with Gasteiger partial charge in [0.15, 0.2) is 0 Å². The minimum atomic E-state index is -0.465. The Labute approximate surface area is 242 Å². The highest BCUT2D eigenvalue weighted by Crippen LogP contribution is 2.44. The molecular weight excluding hydrogens is 546 g/mol. The normalized spacial score (nSPS) is 30.1. The summed E-state index contributed by atoms with van der Waals surface area (Å²) in [6.45, 7) is 16.4. The molecule has 2 rings (SSSR count). The summed E-state index contributed by atoms with van der Waals surface area (Å²) >= 11 is 4.18. The van der Waals surface area contributed by atoms with Gasteiger partial charge >= 0.3 is 5.91 Å². The van der Waals surface area contributed by atoms with Crippen molar-refractivity contribution in [3.63, 3.8) is 0 Å². The van der Waals surface area contributed by atoms with Crippen LogP contribution in [0.4, 0.5) is 0 Å². The van der Waals surface area contributed by atoms with Crippen LogP contribution in [0.3, 0.4) is 0 Å². The first kappa shape index (κ1) is 37.0. The van der Waals surface area contributed by atoms with Crippen LogP contribution in [-0.2, 0) is 42.5 Å².